The molecule has 0 aliphatic carbocycles. The Morgan fingerprint density at radius 3 is 2.28 bits per heavy atom. The third kappa shape index (κ3) is 7.05. The topological polar surface area (TPSA) is 154 Å². The Labute approximate surface area is 252 Å². The zero-order chi connectivity index (χ0) is 30.7. The van der Waals surface area contributed by atoms with Crippen LogP contribution in [0, 0.1) is 0 Å². The molecule has 2 aromatic carbocycles. The van der Waals surface area contributed by atoms with E-state index in [2.05, 4.69) is 37.4 Å². The first-order valence-electron chi connectivity index (χ1n) is 14.3. The number of piperazine rings is 1. The number of carbonyl (C=O) groups is 2. The number of piperidine rings is 1. The summed E-state index contributed by atoms with van der Waals surface area (Å²) in [5.41, 5.74) is 7.95. The maximum absolute atomic E-state index is 13.0. The molecule has 228 valence electrons. The summed E-state index contributed by atoms with van der Waals surface area (Å²) < 4.78 is 23.5. The smallest absolute Gasteiger partial charge is 0.271 e. The van der Waals surface area contributed by atoms with Gasteiger partial charge in [0.1, 0.15) is 5.82 Å². The van der Waals surface area contributed by atoms with E-state index in [1.54, 1.807) is 0 Å². The normalized spacial score (nSPS) is 19.6. The van der Waals surface area contributed by atoms with E-state index in [4.69, 9.17) is 10.7 Å². The highest BCUT2D eigenvalue weighted by Crippen LogP contribution is 2.28. The van der Waals surface area contributed by atoms with Crippen molar-refractivity contribution in [2.24, 2.45) is 5.73 Å². The van der Waals surface area contributed by atoms with Gasteiger partial charge in [-0.05, 0) is 75.3 Å². The van der Waals surface area contributed by atoms with Crippen molar-refractivity contribution in [3.05, 3.63) is 66.0 Å². The van der Waals surface area contributed by atoms with Gasteiger partial charge in [-0.2, -0.15) is 0 Å². The molecule has 0 unspecified atom stereocenters. The minimum absolute atomic E-state index is 0.0407. The second-order valence-corrected chi connectivity index (χ2v) is 13.2. The summed E-state index contributed by atoms with van der Waals surface area (Å²) in [4.78, 5) is 41.2. The van der Waals surface area contributed by atoms with Crippen LogP contribution < -0.4 is 26.2 Å². The summed E-state index contributed by atoms with van der Waals surface area (Å²) in [6.45, 7) is 6.66. The quantitative estimate of drug-likeness (QED) is 0.348. The molecule has 2 saturated heterocycles. The zero-order valence-electron chi connectivity index (χ0n) is 24.7. The molecule has 2 fully saturated rings. The number of aromatic nitrogens is 2. The highest BCUT2D eigenvalue weighted by Gasteiger charge is 2.31. The van der Waals surface area contributed by atoms with Crippen molar-refractivity contribution >= 4 is 44.7 Å². The van der Waals surface area contributed by atoms with Crippen LogP contribution in [0.4, 0.5) is 23.0 Å². The molecular weight excluding hydrogens is 568 g/mol. The maximum atomic E-state index is 13.0. The van der Waals surface area contributed by atoms with Gasteiger partial charge < -0.3 is 31.1 Å². The van der Waals surface area contributed by atoms with Crippen LogP contribution in [-0.2, 0) is 9.84 Å². The number of primary amides is 1. The first-order valence-corrected chi connectivity index (χ1v) is 16.2. The van der Waals surface area contributed by atoms with Gasteiger partial charge in [0.25, 0.3) is 11.8 Å². The third-order valence-corrected chi connectivity index (χ3v) is 9.26. The van der Waals surface area contributed by atoms with Gasteiger partial charge in [-0.25, -0.2) is 18.4 Å². The van der Waals surface area contributed by atoms with E-state index in [1.165, 1.54) is 30.5 Å². The zero-order valence-corrected chi connectivity index (χ0v) is 25.5. The van der Waals surface area contributed by atoms with E-state index in [9.17, 15) is 18.0 Å². The van der Waals surface area contributed by atoms with Crippen LogP contribution in [0.25, 0.3) is 0 Å². The number of rotatable bonds is 8. The van der Waals surface area contributed by atoms with Gasteiger partial charge in [-0.1, -0.05) is 0 Å². The summed E-state index contributed by atoms with van der Waals surface area (Å²) in [5, 5.41) is 6.31. The van der Waals surface area contributed by atoms with Crippen LogP contribution in [0.3, 0.4) is 0 Å². The molecule has 0 spiro atoms. The lowest BCUT2D eigenvalue weighted by atomic mass is 9.97. The summed E-state index contributed by atoms with van der Waals surface area (Å²) in [5.74, 6) is -0.141. The molecule has 3 heterocycles. The molecule has 43 heavy (non-hydrogen) atoms. The van der Waals surface area contributed by atoms with E-state index in [0.717, 1.165) is 56.7 Å². The fourth-order valence-corrected chi connectivity index (χ4v) is 6.14. The van der Waals surface area contributed by atoms with Crippen LogP contribution in [0.15, 0.2) is 59.6 Å². The molecule has 0 bridgehead atoms. The minimum Gasteiger partial charge on any atom is -0.369 e. The number of nitrogens with one attached hydrogen (secondary N) is 2. The van der Waals surface area contributed by atoms with E-state index >= 15 is 0 Å². The van der Waals surface area contributed by atoms with Gasteiger partial charge in [0.15, 0.2) is 21.3 Å². The largest absolute Gasteiger partial charge is 0.369 e. The Balaban J connectivity index is 1.30. The van der Waals surface area contributed by atoms with E-state index in [0.29, 0.717) is 17.9 Å². The first kappa shape index (κ1) is 30.2. The molecule has 3 aromatic rings. The average Bonchev–Trinajstić information content (AvgIpc) is 2.98. The highest BCUT2D eigenvalue weighted by atomic mass is 32.2. The number of carbonyl (C=O) groups excluding carboxylic acids is 2. The lowest BCUT2D eigenvalue weighted by molar-refractivity contribution is 0.0923. The van der Waals surface area contributed by atoms with Crippen molar-refractivity contribution in [2.75, 3.05) is 61.1 Å². The van der Waals surface area contributed by atoms with Crippen LogP contribution in [0.1, 0.15) is 40.6 Å². The molecule has 4 N–H and O–H groups in total. The van der Waals surface area contributed by atoms with Crippen LogP contribution in [0.2, 0.25) is 0 Å². The summed E-state index contributed by atoms with van der Waals surface area (Å²) in [6, 6.07) is 13.6. The van der Waals surface area contributed by atoms with Crippen molar-refractivity contribution in [1.29, 1.82) is 0 Å². The Morgan fingerprint density at radius 2 is 1.65 bits per heavy atom. The molecule has 2 amide bonds. The molecule has 0 radical (unpaired) electrons. The molecule has 13 heteroatoms. The fourth-order valence-electron chi connectivity index (χ4n) is 5.51. The molecule has 12 nitrogen and oxygen atoms in total. The summed E-state index contributed by atoms with van der Waals surface area (Å²) in [7, 11) is -1.22. The number of nitrogens with two attached hydrogens (primary N) is 1. The minimum atomic E-state index is -3.35. The SMILES string of the molecule is C[C@@H]1[C@H](NC(=O)c2ccc(S(C)(=O)=O)cc2)CCCN1c1cnc(C(N)=O)c(Nc2ccc(N3CCN(C)CC3)cc2)n1. The number of hydrogen-bond donors (Lipinski definition) is 3. The Kier molecular flexibility index (Phi) is 8.83. The van der Waals surface area contributed by atoms with Crippen molar-refractivity contribution < 1.29 is 18.0 Å². The van der Waals surface area contributed by atoms with Crippen LogP contribution in [0.5, 0.6) is 0 Å². The Hall–Kier alpha value is -4.23. The standard InChI is InChI=1S/C30H38N8O4S/c1-20-25(34-30(40)21-6-12-24(13-7-21)43(3,41)42)5-4-14-38(20)26-19-32-27(28(31)39)29(35-26)33-22-8-10-23(11-9-22)37-17-15-36(2)16-18-37/h6-13,19-20,25H,4-5,14-18H2,1-3H3,(H2,31,39)(H,33,35)(H,34,40)/t20-,25-/m1/s1. The monoisotopic (exact) mass is 606 g/mol. The number of nitrogens with zero attached hydrogens (tertiary/aromatic N) is 5. The number of benzene rings is 2. The van der Waals surface area contributed by atoms with E-state index in [-0.39, 0.29) is 34.4 Å². The Bertz CT molecular complexity index is 1570. The van der Waals surface area contributed by atoms with Crippen molar-refractivity contribution in [3.63, 3.8) is 0 Å². The van der Waals surface area contributed by atoms with E-state index in [1.807, 2.05) is 31.2 Å². The summed E-state index contributed by atoms with van der Waals surface area (Å²) in [6.07, 6.45) is 4.23. The van der Waals surface area contributed by atoms with Gasteiger partial charge >= 0.3 is 0 Å². The van der Waals surface area contributed by atoms with Crippen molar-refractivity contribution in [2.45, 2.75) is 36.7 Å². The maximum Gasteiger partial charge on any atom is 0.271 e. The van der Waals surface area contributed by atoms with Gasteiger partial charge in [-0.15, -0.1) is 0 Å². The molecule has 5 rings (SSSR count). The van der Waals surface area contributed by atoms with Gasteiger partial charge in [-0.3, -0.25) is 9.59 Å². The molecular formula is C30H38N8O4S. The van der Waals surface area contributed by atoms with Gasteiger partial charge in [0.2, 0.25) is 0 Å². The number of hydrogen-bond acceptors (Lipinski definition) is 10. The lowest BCUT2D eigenvalue weighted by Crippen LogP contribution is -2.54. The molecule has 1 aromatic heterocycles. The molecule has 2 atom stereocenters. The molecule has 2 aliphatic rings. The molecule has 2 aliphatic heterocycles. The third-order valence-electron chi connectivity index (χ3n) is 8.14. The number of sulfone groups is 1. The van der Waals surface area contributed by atoms with Gasteiger partial charge in [0, 0.05) is 68.0 Å². The first-order chi connectivity index (χ1) is 20.5. The second-order valence-electron chi connectivity index (χ2n) is 11.2. The highest BCUT2D eigenvalue weighted by molar-refractivity contribution is 7.90. The fraction of sp³-hybridized carbons (Fsp3) is 0.400. The second kappa shape index (κ2) is 12.6. The van der Waals surface area contributed by atoms with E-state index < -0.39 is 15.7 Å². The number of amides is 2. The number of likely N-dealkylation sites (N-methyl/N-ethyl adjacent to an activating group) is 1. The molecule has 0 saturated carbocycles. The number of anilines is 4. The van der Waals surface area contributed by atoms with Crippen LogP contribution >= 0.6 is 0 Å². The Morgan fingerprint density at radius 1 is 0.977 bits per heavy atom. The van der Waals surface area contributed by atoms with Gasteiger partial charge in [0.05, 0.1) is 11.1 Å². The predicted octanol–water partition coefficient (Wildman–Crippen LogP) is 2.26. The predicted molar refractivity (Wildman–Crippen MR) is 167 cm³/mol. The van der Waals surface area contributed by atoms with Crippen molar-refractivity contribution in [3.8, 4) is 0 Å². The lowest BCUT2D eigenvalue weighted by Gasteiger charge is -2.40. The van der Waals surface area contributed by atoms with Crippen molar-refractivity contribution in [1.82, 2.24) is 20.2 Å². The average molecular weight is 607 g/mol. The summed E-state index contributed by atoms with van der Waals surface area (Å²) >= 11 is 0. The van der Waals surface area contributed by atoms with Crippen LogP contribution in [-0.4, -0.2) is 93.2 Å².